The predicted octanol–water partition coefficient (Wildman–Crippen LogP) is 5.35. The van der Waals surface area contributed by atoms with Crippen LogP contribution in [0, 0.1) is 25.7 Å². The number of amides is 2. The molecule has 3 heterocycles. The molecule has 0 spiro atoms. The lowest BCUT2D eigenvalue weighted by Crippen LogP contribution is -2.49. The number of aryl methyl sites for hydroxylation is 2. The van der Waals surface area contributed by atoms with E-state index in [0.717, 1.165) is 22.4 Å². The number of methoxy groups -OCH3 is 1. The first-order valence-electron chi connectivity index (χ1n) is 12.2. The molecular weight excluding hydrogens is 532 g/mol. The van der Waals surface area contributed by atoms with Gasteiger partial charge in [-0.05, 0) is 71.2 Å². The van der Waals surface area contributed by atoms with E-state index in [2.05, 4.69) is 15.9 Å². The molecule has 4 atom stereocenters. The molecule has 2 fully saturated rings. The van der Waals surface area contributed by atoms with Crippen molar-refractivity contribution in [2.75, 3.05) is 16.9 Å². The highest BCUT2D eigenvalue weighted by molar-refractivity contribution is 9.10. The van der Waals surface area contributed by atoms with Crippen molar-refractivity contribution >= 4 is 51.0 Å². The average Bonchev–Trinajstić information content (AvgIpc) is 3.36. The highest BCUT2D eigenvalue weighted by Gasteiger charge is 2.64. The number of carbonyl (C=O) groups is 3. The van der Waals surface area contributed by atoms with Crippen LogP contribution in [0.25, 0.3) is 6.08 Å². The van der Waals surface area contributed by atoms with Crippen LogP contribution in [0.15, 0.2) is 71.2 Å². The van der Waals surface area contributed by atoms with E-state index in [1.807, 2.05) is 73.4 Å². The van der Waals surface area contributed by atoms with Crippen molar-refractivity contribution in [1.82, 2.24) is 0 Å². The minimum Gasteiger partial charge on any atom is -0.496 e. The molecule has 2 saturated heterocycles. The number of para-hydroxylation sites is 1. The van der Waals surface area contributed by atoms with Crippen molar-refractivity contribution in [3.05, 3.63) is 93.5 Å². The Morgan fingerprint density at radius 3 is 2.41 bits per heavy atom. The normalized spacial score (nSPS) is 23.7. The van der Waals surface area contributed by atoms with Gasteiger partial charge in [0.2, 0.25) is 11.8 Å². The highest BCUT2D eigenvalue weighted by atomic mass is 79.9. The number of Topliss-reactive ketones (excluding diaryl/α,β-unsaturated/α-hetero) is 1. The number of ketones is 1. The van der Waals surface area contributed by atoms with Gasteiger partial charge in [-0.25, -0.2) is 4.90 Å². The molecule has 0 unspecified atom stereocenters. The summed E-state index contributed by atoms with van der Waals surface area (Å²) in [4.78, 5) is 45.5. The van der Waals surface area contributed by atoms with Gasteiger partial charge in [-0.2, -0.15) is 0 Å². The Morgan fingerprint density at radius 2 is 1.68 bits per heavy atom. The summed E-state index contributed by atoms with van der Waals surface area (Å²) in [6.07, 6.45) is 3.95. The largest absolute Gasteiger partial charge is 0.496 e. The first kappa shape index (κ1) is 23.7. The third-order valence-corrected chi connectivity index (χ3v) is 8.33. The van der Waals surface area contributed by atoms with Gasteiger partial charge in [0, 0.05) is 11.3 Å². The van der Waals surface area contributed by atoms with Crippen LogP contribution in [0.2, 0.25) is 0 Å². The second kappa shape index (κ2) is 8.70. The van der Waals surface area contributed by atoms with E-state index in [4.69, 9.17) is 4.74 Å². The SMILES string of the molecule is COc1ccc(C(=O)[C@H]2[C@H]3C(=O)N(c4ccc(C)cc4C)C(=O)[C@H]3[C@@H]3C=Cc4ccccc4N32)cc1Br. The van der Waals surface area contributed by atoms with E-state index < -0.39 is 23.9 Å². The number of benzene rings is 3. The molecule has 0 saturated carbocycles. The van der Waals surface area contributed by atoms with Gasteiger partial charge in [-0.1, -0.05) is 48.0 Å². The monoisotopic (exact) mass is 556 g/mol. The second-order valence-electron chi connectivity index (χ2n) is 9.83. The van der Waals surface area contributed by atoms with Gasteiger partial charge in [0.1, 0.15) is 11.8 Å². The first-order valence-corrected chi connectivity index (χ1v) is 13.0. The van der Waals surface area contributed by atoms with Gasteiger partial charge in [0.15, 0.2) is 5.78 Å². The van der Waals surface area contributed by atoms with Crippen molar-refractivity contribution in [1.29, 1.82) is 0 Å². The summed E-state index contributed by atoms with van der Waals surface area (Å²) in [6, 6.07) is 17.4. The number of hydrogen-bond donors (Lipinski definition) is 0. The number of imide groups is 1. The molecule has 3 aliphatic rings. The Bertz CT molecular complexity index is 1510. The molecule has 3 aliphatic heterocycles. The summed E-state index contributed by atoms with van der Waals surface area (Å²) in [5.41, 5.74) is 4.75. The molecule has 6 nitrogen and oxygen atoms in total. The molecule has 3 aromatic rings. The number of nitrogens with zero attached hydrogens (tertiary/aromatic N) is 2. The smallest absolute Gasteiger partial charge is 0.240 e. The van der Waals surface area contributed by atoms with Gasteiger partial charge >= 0.3 is 0 Å². The minimum absolute atomic E-state index is 0.199. The topological polar surface area (TPSA) is 66.9 Å². The van der Waals surface area contributed by atoms with Crippen molar-refractivity contribution < 1.29 is 19.1 Å². The number of ether oxygens (including phenoxy) is 1. The van der Waals surface area contributed by atoms with Crippen molar-refractivity contribution in [3.8, 4) is 5.75 Å². The van der Waals surface area contributed by atoms with Crippen LogP contribution in [0.5, 0.6) is 5.75 Å². The van der Waals surface area contributed by atoms with Gasteiger partial charge in [-0.15, -0.1) is 0 Å². The van der Waals surface area contributed by atoms with Crippen LogP contribution in [0.3, 0.4) is 0 Å². The fourth-order valence-electron chi connectivity index (χ4n) is 6.10. The van der Waals surface area contributed by atoms with E-state index in [9.17, 15) is 14.4 Å². The van der Waals surface area contributed by atoms with Gasteiger partial charge < -0.3 is 9.64 Å². The van der Waals surface area contributed by atoms with E-state index in [-0.39, 0.29) is 17.6 Å². The van der Waals surface area contributed by atoms with Gasteiger partial charge in [0.25, 0.3) is 0 Å². The molecule has 37 heavy (non-hydrogen) atoms. The predicted molar refractivity (Wildman–Crippen MR) is 146 cm³/mol. The molecule has 0 radical (unpaired) electrons. The zero-order valence-electron chi connectivity index (χ0n) is 20.6. The van der Waals surface area contributed by atoms with Gasteiger partial charge in [-0.3, -0.25) is 14.4 Å². The zero-order valence-corrected chi connectivity index (χ0v) is 22.2. The van der Waals surface area contributed by atoms with E-state index in [1.54, 1.807) is 25.3 Å². The number of fused-ring (bicyclic) bond motifs is 5. The van der Waals surface area contributed by atoms with E-state index in [0.29, 0.717) is 21.5 Å². The first-order chi connectivity index (χ1) is 17.8. The van der Waals surface area contributed by atoms with Crippen LogP contribution in [0.1, 0.15) is 27.0 Å². The molecule has 6 rings (SSSR count). The maximum Gasteiger partial charge on any atom is 0.240 e. The summed E-state index contributed by atoms with van der Waals surface area (Å²) >= 11 is 3.48. The van der Waals surface area contributed by atoms with Crippen LogP contribution < -0.4 is 14.5 Å². The Labute approximate surface area is 223 Å². The molecule has 0 N–H and O–H groups in total. The quantitative estimate of drug-likeness (QED) is 0.320. The fraction of sp³-hybridized carbons (Fsp3) is 0.233. The third kappa shape index (κ3) is 3.48. The summed E-state index contributed by atoms with van der Waals surface area (Å²) in [5, 5.41) is 0. The zero-order chi connectivity index (χ0) is 26.0. The fourth-order valence-corrected chi connectivity index (χ4v) is 6.64. The Hall–Kier alpha value is -3.71. The highest BCUT2D eigenvalue weighted by Crippen LogP contribution is 2.50. The maximum atomic E-state index is 14.2. The minimum atomic E-state index is -0.825. The Morgan fingerprint density at radius 1 is 0.919 bits per heavy atom. The van der Waals surface area contributed by atoms with E-state index in [1.165, 1.54) is 4.90 Å². The molecule has 0 aromatic heterocycles. The number of anilines is 2. The molecular formula is C30H25BrN2O4. The molecule has 186 valence electrons. The lowest BCUT2D eigenvalue weighted by molar-refractivity contribution is -0.122. The summed E-state index contributed by atoms with van der Waals surface area (Å²) < 4.78 is 5.99. The standard InChI is InChI=1S/C30H25BrN2O4/c1-16-8-11-21(17(2)14-16)33-29(35)25-23-12-9-18-6-4-5-7-22(18)32(23)27(26(25)30(33)36)28(34)19-10-13-24(37-3)20(31)15-19/h4-15,23,25-27H,1-3H3/t23-,25-,26-,27+/m0/s1. The average molecular weight is 557 g/mol. The number of rotatable bonds is 4. The second-order valence-corrected chi connectivity index (χ2v) is 10.7. The van der Waals surface area contributed by atoms with E-state index >= 15 is 0 Å². The Balaban J connectivity index is 1.49. The molecule has 2 amide bonds. The summed E-state index contributed by atoms with van der Waals surface area (Å²) in [6.45, 7) is 3.88. The van der Waals surface area contributed by atoms with Crippen LogP contribution >= 0.6 is 15.9 Å². The summed E-state index contributed by atoms with van der Waals surface area (Å²) in [7, 11) is 1.56. The molecule has 0 bridgehead atoms. The van der Waals surface area contributed by atoms with Crippen LogP contribution in [-0.2, 0) is 9.59 Å². The van der Waals surface area contributed by atoms with Crippen LogP contribution in [0.4, 0.5) is 11.4 Å². The van der Waals surface area contributed by atoms with Gasteiger partial charge in [0.05, 0.1) is 35.1 Å². The van der Waals surface area contributed by atoms with Crippen molar-refractivity contribution in [2.45, 2.75) is 25.9 Å². The third-order valence-electron chi connectivity index (χ3n) is 7.71. The summed E-state index contributed by atoms with van der Waals surface area (Å²) in [5.74, 6) is -1.64. The van der Waals surface area contributed by atoms with Crippen LogP contribution in [-0.4, -0.2) is 36.8 Å². The Kier molecular flexibility index (Phi) is 5.57. The molecule has 0 aliphatic carbocycles. The number of hydrogen-bond acceptors (Lipinski definition) is 5. The van der Waals surface area contributed by atoms with Crippen molar-refractivity contribution in [2.24, 2.45) is 11.8 Å². The van der Waals surface area contributed by atoms with Crippen molar-refractivity contribution in [3.63, 3.8) is 0 Å². The number of carbonyl (C=O) groups excluding carboxylic acids is 3. The number of halogens is 1. The maximum absolute atomic E-state index is 14.2. The molecule has 3 aromatic carbocycles. The lowest BCUT2D eigenvalue weighted by Gasteiger charge is -2.36. The molecule has 7 heteroatoms. The lowest BCUT2D eigenvalue weighted by atomic mass is 9.86.